The molecule has 2 rings (SSSR count). The zero-order valence-electron chi connectivity index (χ0n) is 12.3. The summed E-state index contributed by atoms with van der Waals surface area (Å²) in [6, 6.07) is 8.13. The van der Waals surface area contributed by atoms with Crippen LogP contribution in [0, 0.1) is 6.92 Å². The molecule has 1 aromatic heterocycles. The Morgan fingerprint density at radius 3 is 2.57 bits per heavy atom. The number of rotatable bonds is 6. The van der Waals surface area contributed by atoms with Crippen LogP contribution in [0.1, 0.15) is 10.6 Å². The minimum Gasteiger partial charge on any atom is -0.378 e. The minimum absolute atomic E-state index is 0.00420. The lowest BCUT2D eigenvalue weighted by Crippen LogP contribution is -2.24. The summed E-state index contributed by atoms with van der Waals surface area (Å²) in [5, 5.41) is 11.7. The van der Waals surface area contributed by atoms with Crippen molar-refractivity contribution in [1.29, 1.82) is 0 Å². The van der Waals surface area contributed by atoms with Gasteiger partial charge in [0.15, 0.2) is 4.34 Å². The number of benzene rings is 1. The second kappa shape index (κ2) is 7.42. The molecule has 0 saturated carbocycles. The summed E-state index contributed by atoms with van der Waals surface area (Å²) in [6.45, 7) is 2.45. The number of nitrogens with one attached hydrogen (secondary N) is 1. The fraction of sp³-hybridized carbons (Fsp3) is 0.357. The van der Waals surface area contributed by atoms with E-state index < -0.39 is 0 Å². The van der Waals surface area contributed by atoms with Crippen molar-refractivity contribution in [2.24, 2.45) is 0 Å². The van der Waals surface area contributed by atoms with Gasteiger partial charge in [-0.3, -0.25) is 4.79 Å². The molecule has 1 heterocycles. The summed E-state index contributed by atoms with van der Waals surface area (Å²) in [6.07, 6.45) is 0. The molecule has 0 aliphatic carbocycles. The lowest BCUT2D eigenvalue weighted by molar-refractivity contribution is -0.118. The zero-order chi connectivity index (χ0) is 15.2. The number of anilines is 1. The van der Waals surface area contributed by atoms with Gasteiger partial charge in [0.1, 0.15) is 5.01 Å². The molecule has 1 amide bonds. The van der Waals surface area contributed by atoms with Crippen LogP contribution in [0.3, 0.4) is 0 Å². The second-order valence-corrected chi connectivity index (χ2v) is 7.12. The van der Waals surface area contributed by atoms with Crippen LogP contribution in [0.5, 0.6) is 0 Å². The molecule has 21 heavy (non-hydrogen) atoms. The molecule has 1 aromatic carbocycles. The Balaban J connectivity index is 1.75. The van der Waals surface area contributed by atoms with Crippen molar-refractivity contribution in [2.75, 3.05) is 24.7 Å². The van der Waals surface area contributed by atoms with Crippen molar-refractivity contribution in [3.63, 3.8) is 0 Å². The topological polar surface area (TPSA) is 58.1 Å². The molecule has 0 spiro atoms. The highest BCUT2D eigenvalue weighted by atomic mass is 32.2. The van der Waals surface area contributed by atoms with E-state index in [2.05, 4.69) is 15.5 Å². The van der Waals surface area contributed by atoms with E-state index in [1.54, 1.807) is 0 Å². The molecule has 0 radical (unpaired) electrons. The summed E-state index contributed by atoms with van der Waals surface area (Å²) in [5.74, 6) is 0.370. The van der Waals surface area contributed by atoms with Gasteiger partial charge in [-0.25, -0.2) is 0 Å². The molecule has 1 N–H and O–H groups in total. The first-order valence-corrected chi connectivity index (χ1v) is 8.30. The zero-order valence-corrected chi connectivity index (χ0v) is 13.9. The molecule has 0 fully saturated rings. The highest BCUT2D eigenvalue weighted by Crippen LogP contribution is 2.21. The Morgan fingerprint density at radius 2 is 2.00 bits per heavy atom. The van der Waals surface area contributed by atoms with Gasteiger partial charge in [-0.05, 0) is 24.6 Å². The van der Waals surface area contributed by atoms with Crippen molar-refractivity contribution >= 4 is 34.7 Å². The van der Waals surface area contributed by atoms with E-state index in [1.165, 1.54) is 23.1 Å². The first-order valence-electron chi connectivity index (χ1n) is 6.50. The third kappa shape index (κ3) is 5.02. The summed E-state index contributed by atoms with van der Waals surface area (Å²) in [4.78, 5) is 13.8. The molecular formula is C14H18N4OS2. The van der Waals surface area contributed by atoms with Gasteiger partial charge in [-0.1, -0.05) is 35.2 Å². The van der Waals surface area contributed by atoms with Crippen molar-refractivity contribution in [2.45, 2.75) is 17.8 Å². The van der Waals surface area contributed by atoms with Gasteiger partial charge in [0.25, 0.3) is 0 Å². The number of carbonyl (C=O) groups is 1. The maximum Gasteiger partial charge on any atom is 0.230 e. The fourth-order valence-electron chi connectivity index (χ4n) is 1.63. The van der Waals surface area contributed by atoms with Crippen LogP contribution in [0.25, 0.3) is 0 Å². The SMILES string of the molecule is Cc1nnc(SCC(=O)NCc2ccc(N(C)C)cc2)s1. The van der Waals surface area contributed by atoms with Crippen LogP contribution in [-0.2, 0) is 11.3 Å². The molecule has 0 unspecified atom stereocenters. The lowest BCUT2D eigenvalue weighted by Gasteiger charge is -2.12. The molecule has 7 heteroatoms. The monoisotopic (exact) mass is 322 g/mol. The van der Waals surface area contributed by atoms with E-state index in [9.17, 15) is 4.79 Å². The molecular weight excluding hydrogens is 304 g/mol. The van der Waals surface area contributed by atoms with E-state index in [-0.39, 0.29) is 5.91 Å². The molecule has 0 saturated heterocycles. The van der Waals surface area contributed by atoms with Crippen molar-refractivity contribution in [3.05, 3.63) is 34.8 Å². The van der Waals surface area contributed by atoms with Gasteiger partial charge >= 0.3 is 0 Å². The minimum atomic E-state index is 0.00420. The molecule has 0 atom stereocenters. The second-order valence-electron chi connectivity index (χ2n) is 4.71. The number of aryl methyl sites for hydroxylation is 1. The number of thioether (sulfide) groups is 1. The van der Waals surface area contributed by atoms with Gasteiger partial charge in [0.05, 0.1) is 5.75 Å². The fourth-order valence-corrected chi connectivity index (χ4v) is 3.27. The van der Waals surface area contributed by atoms with Gasteiger partial charge in [-0.15, -0.1) is 10.2 Å². The maximum absolute atomic E-state index is 11.8. The van der Waals surface area contributed by atoms with Crippen LogP contribution >= 0.6 is 23.1 Å². The Bertz CT molecular complexity index is 595. The van der Waals surface area contributed by atoms with Crippen LogP contribution in [0.4, 0.5) is 5.69 Å². The van der Waals surface area contributed by atoms with Crippen LogP contribution in [0.15, 0.2) is 28.6 Å². The highest BCUT2D eigenvalue weighted by Gasteiger charge is 2.06. The van der Waals surface area contributed by atoms with Crippen molar-refractivity contribution < 1.29 is 4.79 Å². The van der Waals surface area contributed by atoms with Crippen molar-refractivity contribution in [1.82, 2.24) is 15.5 Å². The Labute approximate surface area is 132 Å². The summed E-state index contributed by atoms with van der Waals surface area (Å²) < 4.78 is 0.831. The van der Waals surface area contributed by atoms with Gasteiger partial charge in [-0.2, -0.15) is 0 Å². The predicted molar refractivity (Wildman–Crippen MR) is 88.0 cm³/mol. The maximum atomic E-state index is 11.8. The van der Waals surface area contributed by atoms with Gasteiger partial charge in [0.2, 0.25) is 5.91 Å². The van der Waals surface area contributed by atoms with Crippen LogP contribution in [-0.4, -0.2) is 36.0 Å². The first kappa shape index (κ1) is 15.8. The summed E-state index contributed by atoms with van der Waals surface area (Å²) in [7, 11) is 4.01. The number of carbonyl (C=O) groups excluding carboxylic acids is 1. The summed E-state index contributed by atoms with van der Waals surface area (Å²) in [5.41, 5.74) is 2.23. The molecule has 2 aromatic rings. The van der Waals surface area contributed by atoms with E-state index in [4.69, 9.17) is 0 Å². The third-order valence-corrected chi connectivity index (χ3v) is 4.75. The number of hydrogen-bond donors (Lipinski definition) is 1. The first-order chi connectivity index (χ1) is 10.0. The molecule has 0 bridgehead atoms. The van der Waals surface area contributed by atoms with Crippen LogP contribution in [0.2, 0.25) is 0 Å². The highest BCUT2D eigenvalue weighted by molar-refractivity contribution is 8.01. The molecule has 112 valence electrons. The van der Waals surface area contributed by atoms with Crippen LogP contribution < -0.4 is 10.2 Å². The summed E-state index contributed by atoms with van der Waals surface area (Å²) >= 11 is 2.92. The Kier molecular flexibility index (Phi) is 5.58. The number of nitrogens with zero attached hydrogens (tertiary/aromatic N) is 3. The largest absolute Gasteiger partial charge is 0.378 e. The normalized spacial score (nSPS) is 10.4. The average molecular weight is 322 g/mol. The van der Waals surface area contributed by atoms with Gasteiger partial charge < -0.3 is 10.2 Å². The van der Waals surface area contributed by atoms with Gasteiger partial charge in [0, 0.05) is 26.3 Å². The third-order valence-electron chi connectivity index (χ3n) is 2.78. The smallest absolute Gasteiger partial charge is 0.230 e. The van der Waals surface area contributed by atoms with E-state index in [0.717, 1.165) is 20.6 Å². The number of hydrogen-bond acceptors (Lipinski definition) is 6. The molecule has 5 nitrogen and oxygen atoms in total. The number of aromatic nitrogens is 2. The van der Waals surface area contributed by atoms with E-state index in [0.29, 0.717) is 12.3 Å². The average Bonchev–Trinajstić information content (AvgIpc) is 2.89. The Morgan fingerprint density at radius 1 is 1.29 bits per heavy atom. The van der Waals surface area contributed by atoms with Crippen molar-refractivity contribution in [3.8, 4) is 0 Å². The Hall–Kier alpha value is -1.60. The lowest BCUT2D eigenvalue weighted by atomic mass is 10.2. The quantitative estimate of drug-likeness (QED) is 0.827. The van der Waals surface area contributed by atoms with E-state index >= 15 is 0 Å². The van der Waals surface area contributed by atoms with E-state index in [1.807, 2.05) is 50.2 Å². The molecule has 0 aliphatic rings. The number of amides is 1. The predicted octanol–water partition coefficient (Wildman–Crippen LogP) is 2.32. The standard InChI is InChI=1S/C14H18N4OS2/c1-10-16-17-14(21-10)20-9-13(19)15-8-11-4-6-12(7-5-11)18(2)3/h4-7H,8-9H2,1-3H3,(H,15,19). The molecule has 0 aliphatic heterocycles.